The summed E-state index contributed by atoms with van der Waals surface area (Å²) in [4.78, 5) is 11.2. The number of nitrogens with one attached hydrogen (secondary N) is 3. The SMILES string of the molecule is COc1ccccc1COc1cccc(Nc2nc(Nc3ccc(N4CCNCC4)cc3)ncc2Cl)c1C#N. The lowest BCUT2D eigenvalue weighted by Crippen LogP contribution is -2.43. The summed E-state index contributed by atoms with van der Waals surface area (Å²) >= 11 is 6.41. The first-order chi connectivity index (χ1) is 19.1. The number of rotatable bonds is 9. The van der Waals surface area contributed by atoms with E-state index in [1.165, 1.54) is 11.9 Å². The summed E-state index contributed by atoms with van der Waals surface area (Å²) in [7, 11) is 1.61. The number of anilines is 5. The van der Waals surface area contributed by atoms with Crippen molar-refractivity contribution in [1.82, 2.24) is 15.3 Å². The largest absolute Gasteiger partial charge is 0.496 e. The second-order valence-corrected chi connectivity index (χ2v) is 9.22. The van der Waals surface area contributed by atoms with E-state index < -0.39 is 0 Å². The van der Waals surface area contributed by atoms with Crippen molar-refractivity contribution in [2.75, 3.05) is 48.8 Å². The first-order valence-corrected chi connectivity index (χ1v) is 12.9. The summed E-state index contributed by atoms with van der Waals surface area (Å²) in [6, 6.07) is 23.3. The summed E-state index contributed by atoms with van der Waals surface area (Å²) in [5, 5.41) is 20.0. The average molecular weight is 542 g/mol. The molecule has 0 saturated carbocycles. The molecular weight excluding hydrogens is 514 g/mol. The Labute approximate surface area is 232 Å². The van der Waals surface area contributed by atoms with Crippen molar-refractivity contribution in [3.05, 3.63) is 89.1 Å². The van der Waals surface area contributed by atoms with Crippen LogP contribution in [0.2, 0.25) is 5.02 Å². The molecule has 9 nitrogen and oxygen atoms in total. The van der Waals surface area contributed by atoms with E-state index in [2.05, 4.69) is 49.0 Å². The molecule has 2 heterocycles. The molecule has 1 saturated heterocycles. The van der Waals surface area contributed by atoms with Gasteiger partial charge in [0.1, 0.15) is 34.8 Å². The Hall–Kier alpha value is -4.52. The number of benzene rings is 3. The minimum absolute atomic E-state index is 0.248. The Kier molecular flexibility index (Phi) is 8.26. The molecule has 0 spiro atoms. The molecule has 0 atom stereocenters. The number of halogens is 1. The van der Waals surface area contributed by atoms with Gasteiger partial charge in [0.2, 0.25) is 5.95 Å². The van der Waals surface area contributed by atoms with Crippen LogP contribution in [0.5, 0.6) is 11.5 Å². The van der Waals surface area contributed by atoms with Gasteiger partial charge in [-0.3, -0.25) is 0 Å². The van der Waals surface area contributed by atoms with Crippen LogP contribution in [0.4, 0.5) is 28.8 Å². The number of hydrogen-bond acceptors (Lipinski definition) is 9. The molecule has 0 aliphatic carbocycles. The highest BCUT2D eigenvalue weighted by Gasteiger charge is 2.15. The van der Waals surface area contributed by atoms with Gasteiger partial charge in [-0.2, -0.15) is 10.2 Å². The van der Waals surface area contributed by atoms with Gasteiger partial charge in [0.15, 0.2) is 5.82 Å². The molecule has 0 bridgehead atoms. The first-order valence-electron chi connectivity index (χ1n) is 12.5. The zero-order chi connectivity index (χ0) is 27.0. The quantitative estimate of drug-likeness (QED) is 0.253. The minimum atomic E-state index is 0.248. The molecule has 0 unspecified atom stereocenters. The number of nitriles is 1. The molecule has 4 aromatic rings. The van der Waals surface area contributed by atoms with Gasteiger partial charge >= 0.3 is 0 Å². The third-order valence-corrected chi connectivity index (χ3v) is 6.59. The molecule has 3 aromatic carbocycles. The predicted octanol–water partition coefficient (Wildman–Crippen LogP) is 5.49. The van der Waals surface area contributed by atoms with E-state index in [-0.39, 0.29) is 6.61 Å². The van der Waals surface area contributed by atoms with Crippen LogP contribution in [-0.4, -0.2) is 43.3 Å². The van der Waals surface area contributed by atoms with Crippen LogP contribution in [0.15, 0.2) is 72.9 Å². The normalized spacial score (nSPS) is 12.9. The molecule has 0 amide bonds. The van der Waals surface area contributed by atoms with Crippen molar-refractivity contribution in [3.63, 3.8) is 0 Å². The van der Waals surface area contributed by atoms with Crippen LogP contribution in [0, 0.1) is 11.3 Å². The lowest BCUT2D eigenvalue weighted by atomic mass is 10.1. The van der Waals surface area contributed by atoms with Crippen LogP contribution in [0.25, 0.3) is 0 Å². The first kappa shape index (κ1) is 26.1. The third-order valence-electron chi connectivity index (χ3n) is 6.32. The van der Waals surface area contributed by atoms with E-state index >= 15 is 0 Å². The van der Waals surface area contributed by atoms with Crippen LogP contribution in [-0.2, 0) is 6.61 Å². The fourth-order valence-electron chi connectivity index (χ4n) is 4.30. The molecule has 5 rings (SSSR count). The number of hydrogen-bond donors (Lipinski definition) is 3. The van der Waals surface area contributed by atoms with Crippen molar-refractivity contribution < 1.29 is 9.47 Å². The third kappa shape index (κ3) is 6.32. The number of aromatic nitrogens is 2. The molecule has 39 heavy (non-hydrogen) atoms. The van der Waals surface area contributed by atoms with Gasteiger partial charge in [-0.25, -0.2) is 4.98 Å². The number of nitrogens with zero attached hydrogens (tertiary/aromatic N) is 4. The van der Waals surface area contributed by atoms with E-state index in [9.17, 15) is 5.26 Å². The van der Waals surface area contributed by atoms with Crippen LogP contribution < -0.4 is 30.3 Å². The van der Waals surface area contributed by atoms with Gasteiger partial charge in [0.05, 0.1) is 19.0 Å². The average Bonchev–Trinajstić information content (AvgIpc) is 2.99. The molecule has 1 fully saturated rings. The Balaban J connectivity index is 1.30. The van der Waals surface area contributed by atoms with E-state index in [1.807, 2.05) is 36.4 Å². The maximum Gasteiger partial charge on any atom is 0.229 e. The van der Waals surface area contributed by atoms with Crippen molar-refractivity contribution in [3.8, 4) is 17.6 Å². The van der Waals surface area contributed by atoms with Crippen molar-refractivity contribution in [2.45, 2.75) is 6.61 Å². The summed E-state index contributed by atoms with van der Waals surface area (Å²) in [6.07, 6.45) is 1.52. The lowest BCUT2D eigenvalue weighted by molar-refractivity contribution is 0.296. The highest BCUT2D eigenvalue weighted by atomic mass is 35.5. The Bertz CT molecular complexity index is 1470. The highest BCUT2D eigenvalue weighted by molar-refractivity contribution is 6.32. The molecule has 3 N–H and O–H groups in total. The minimum Gasteiger partial charge on any atom is -0.496 e. The maximum absolute atomic E-state index is 9.93. The maximum atomic E-state index is 9.93. The van der Waals surface area contributed by atoms with Gasteiger partial charge in [-0.15, -0.1) is 0 Å². The monoisotopic (exact) mass is 541 g/mol. The molecule has 1 aliphatic heterocycles. The van der Waals surface area contributed by atoms with E-state index in [1.54, 1.807) is 25.3 Å². The van der Waals surface area contributed by atoms with Gasteiger partial charge in [-0.05, 0) is 42.5 Å². The van der Waals surface area contributed by atoms with Crippen LogP contribution in [0.3, 0.4) is 0 Å². The van der Waals surface area contributed by atoms with Gasteiger partial charge in [0.25, 0.3) is 0 Å². The number of methoxy groups -OCH3 is 1. The van der Waals surface area contributed by atoms with Gasteiger partial charge in [-0.1, -0.05) is 35.9 Å². The smallest absolute Gasteiger partial charge is 0.229 e. The van der Waals surface area contributed by atoms with E-state index in [4.69, 9.17) is 21.1 Å². The molecule has 10 heteroatoms. The van der Waals surface area contributed by atoms with Crippen molar-refractivity contribution in [1.29, 1.82) is 5.26 Å². The Morgan fingerprint density at radius 2 is 1.77 bits per heavy atom. The van der Waals surface area contributed by atoms with Crippen LogP contribution >= 0.6 is 11.6 Å². The fraction of sp³-hybridized carbons (Fsp3) is 0.207. The summed E-state index contributed by atoms with van der Waals surface area (Å²) in [6.45, 7) is 4.19. The van der Waals surface area contributed by atoms with Crippen molar-refractivity contribution in [2.24, 2.45) is 0 Å². The van der Waals surface area contributed by atoms with Gasteiger partial charge in [0, 0.05) is 43.1 Å². The Morgan fingerprint density at radius 3 is 2.54 bits per heavy atom. The zero-order valence-corrected chi connectivity index (χ0v) is 22.2. The Morgan fingerprint density at radius 1 is 1.00 bits per heavy atom. The molecule has 0 radical (unpaired) electrons. The number of piperazine rings is 1. The summed E-state index contributed by atoms with van der Waals surface area (Å²) in [5.41, 5.74) is 3.75. The topological polar surface area (TPSA) is 107 Å². The van der Waals surface area contributed by atoms with E-state index in [0.717, 1.165) is 43.2 Å². The van der Waals surface area contributed by atoms with Gasteiger partial charge < -0.3 is 30.3 Å². The second kappa shape index (κ2) is 12.3. The molecule has 1 aliphatic rings. The highest BCUT2D eigenvalue weighted by Crippen LogP contribution is 2.32. The fourth-order valence-corrected chi connectivity index (χ4v) is 4.44. The predicted molar refractivity (Wildman–Crippen MR) is 154 cm³/mol. The number of para-hydroxylation sites is 1. The lowest BCUT2D eigenvalue weighted by Gasteiger charge is -2.29. The zero-order valence-electron chi connectivity index (χ0n) is 21.4. The standard InChI is InChI=1S/C29H28ClN7O2/c1-38-26-7-3-2-5-20(26)19-39-27-8-4-6-25(23(27)17-31)35-28-24(30)18-33-29(36-28)34-21-9-11-22(12-10-21)37-15-13-32-14-16-37/h2-12,18,32H,13-16,19H2,1H3,(H2,33,34,35,36). The summed E-state index contributed by atoms with van der Waals surface area (Å²) < 4.78 is 11.4. The molecule has 198 valence electrons. The van der Waals surface area contributed by atoms with Crippen molar-refractivity contribution >= 4 is 40.4 Å². The summed E-state index contributed by atoms with van der Waals surface area (Å²) in [5.74, 6) is 1.89. The number of ether oxygens (including phenoxy) is 2. The second-order valence-electron chi connectivity index (χ2n) is 8.82. The van der Waals surface area contributed by atoms with E-state index in [0.29, 0.717) is 33.8 Å². The molecule has 1 aromatic heterocycles. The molecular formula is C29H28ClN7O2. The van der Waals surface area contributed by atoms with Crippen LogP contribution in [0.1, 0.15) is 11.1 Å².